The van der Waals surface area contributed by atoms with Crippen molar-refractivity contribution in [2.24, 2.45) is 16.6 Å². The van der Waals surface area contributed by atoms with Gasteiger partial charge in [0, 0.05) is 0 Å². The predicted molar refractivity (Wildman–Crippen MR) is 55.4 cm³/mol. The van der Waals surface area contributed by atoms with E-state index in [1.807, 2.05) is 6.92 Å². The molecule has 2 N–H and O–H groups in total. The molecule has 0 spiro atoms. The molecule has 0 amide bonds. The zero-order valence-electron chi connectivity index (χ0n) is 8.38. The smallest absolute Gasteiger partial charge is 0.0909 e. The molecular weight excluding hydrogens is 148 g/mol. The monoisotopic (exact) mass is 168 g/mol. The van der Waals surface area contributed by atoms with Gasteiger partial charge in [0.15, 0.2) is 0 Å². The van der Waals surface area contributed by atoms with Gasteiger partial charge >= 0.3 is 0 Å². The lowest BCUT2D eigenvalue weighted by Gasteiger charge is -1.98. The van der Waals surface area contributed by atoms with E-state index in [2.05, 4.69) is 31.0 Å². The summed E-state index contributed by atoms with van der Waals surface area (Å²) in [5.74, 6) is 1.44. The van der Waals surface area contributed by atoms with Gasteiger partial charge < -0.3 is 5.73 Å². The number of hydrogen-bond donors (Lipinski definition) is 1. The molecule has 0 aromatic carbocycles. The van der Waals surface area contributed by atoms with Crippen LogP contribution >= 0.6 is 0 Å². The Bertz CT molecular complexity index is 153. The van der Waals surface area contributed by atoms with Crippen LogP contribution in [0.1, 0.15) is 33.6 Å². The fraction of sp³-hybridized carbons (Fsp3) is 0.700. The van der Waals surface area contributed by atoms with Gasteiger partial charge in [-0.1, -0.05) is 26.0 Å². The summed E-state index contributed by atoms with van der Waals surface area (Å²) in [5.41, 5.74) is 5.37. The number of nitrogens with two attached hydrogens (primary N) is 1. The van der Waals surface area contributed by atoms with Crippen molar-refractivity contribution in [1.29, 1.82) is 0 Å². The molecule has 0 atom stereocenters. The summed E-state index contributed by atoms with van der Waals surface area (Å²) in [4.78, 5) is 4.05. The minimum Gasteiger partial charge on any atom is -0.388 e. The lowest BCUT2D eigenvalue weighted by molar-refractivity contribution is 0.594. The summed E-state index contributed by atoms with van der Waals surface area (Å²) < 4.78 is 0. The first-order chi connectivity index (χ1) is 5.63. The maximum Gasteiger partial charge on any atom is 0.0909 e. The number of amidine groups is 1. The second-order valence-electron chi connectivity index (χ2n) is 3.42. The van der Waals surface area contributed by atoms with Crippen molar-refractivity contribution in [2.45, 2.75) is 33.6 Å². The molecule has 70 valence electrons. The van der Waals surface area contributed by atoms with E-state index in [0.717, 1.165) is 18.9 Å². The Kier molecular flexibility index (Phi) is 6.44. The molecule has 0 unspecified atom stereocenters. The molecule has 0 aliphatic rings. The second-order valence-corrected chi connectivity index (χ2v) is 3.42. The first-order valence-corrected chi connectivity index (χ1v) is 4.54. The van der Waals surface area contributed by atoms with E-state index in [4.69, 9.17) is 5.73 Å². The Balaban J connectivity index is 3.32. The van der Waals surface area contributed by atoms with Gasteiger partial charge in [0.25, 0.3) is 0 Å². The van der Waals surface area contributed by atoms with Crippen LogP contribution in [0.4, 0.5) is 0 Å². The SMILES string of the molecule is CC(N)=NC/C=C\CCC(C)C. The van der Waals surface area contributed by atoms with Gasteiger partial charge in [-0.05, 0) is 25.7 Å². The minimum absolute atomic E-state index is 0.656. The lowest BCUT2D eigenvalue weighted by Crippen LogP contribution is -2.05. The van der Waals surface area contributed by atoms with Gasteiger partial charge in [-0.3, -0.25) is 4.99 Å². The highest BCUT2D eigenvalue weighted by atomic mass is 14.8. The van der Waals surface area contributed by atoms with Crippen LogP contribution < -0.4 is 5.73 Å². The Hall–Kier alpha value is -0.790. The third-order valence-electron chi connectivity index (χ3n) is 1.52. The van der Waals surface area contributed by atoms with Crippen molar-refractivity contribution in [3.05, 3.63) is 12.2 Å². The van der Waals surface area contributed by atoms with Crippen molar-refractivity contribution in [3.63, 3.8) is 0 Å². The summed E-state index contributed by atoms with van der Waals surface area (Å²) in [6.07, 6.45) is 6.64. The molecule has 0 bridgehead atoms. The second kappa shape index (κ2) is 6.89. The summed E-state index contributed by atoms with van der Waals surface area (Å²) >= 11 is 0. The fourth-order valence-electron chi connectivity index (χ4n) is 0.819. The van der Waals surface area contributed by atoms with Gasteiger partial charge in [0.2, 0.25) is 0 Å². The zero-order valence-corrected chi connectivity index (χ0v) is 8.38. The molecule has 2 nitrogen and oxygen atoms in total. The third-order valence-corrected chi connectivity index (χ3v) is 1.52. The number of hydrogen-bond acceptors (Lipinski definition) is 1. The lowest BCUT2D eigenvalue weighted by atomic mass is 10.1. The molecule has 0 heterocycles. The predicted octanol–water partition coefficient (Wildman–Crippen LogP) is 2.36. The van der Waals surface area contributed by atoms with Gasteiger partial charge in [-0.25, -0.2) is 0 Å². The Morgan fingerprint density at radius 3 is 2.58 bits per heavy atom. The van der Waals surface area contributed by atoms with Gasteiger partial charge in [-0.15, -0.1) is 0 Å². The largest absolute Gasteiger partial charge is 0.388 e. The van der Waals surface area contributed by atoms with Gasteiger partial charge in [0.05, 0.1) is 12.4 Å². The molecule has 0 saturated heterocycles. The van der Waals surface area contributed by atoms with E-state index in [-0.39, 0.29) is 0 Å². The van der Waals surface area contributed by atoms with Crippen LogP contribution in [0, 0.1) is 5.92 Å². The van der Waals surface area contributed by atoms with Crippen LogP contribution in [-0.2, 0) is 0 Å². The minimum atomic E-state index is 0.656. The van der Waals surface area contributed by atoms with Crippen molar-refractivity contribution in [1.82, 2.24) is 0 Å². The molecule has 0 fully saturated rings. The van der Waals surface area contributed by atoms with E-state index in [1.54, 1.807) is 0 Å². The van der Waals surface area contributed by atoms with Crippen LogP contribution in [0.25, 0.3) is 0 Å². The molecule has 0 radical (unpaired) electrons. The molecule has 0 aliphatic heterocycles. The summed E-state index contributed by atoms with van der Waals surface area (Å²) in [6.45, 7) is 6.99. The molecule has 12 heavy (non-hydrogen) atoms. The van der Waals surface area contributed by atoms with Crippen molar-refractivity contribution < 1.29 is 0 Å². The highest BCUT2D eigenvalue weighted by Crippen LogP contribution is 2.03. The molecule has 0 aliphatic carbocycles. The number of allylic oxidation sites excluding steroid dienone is 1. The van der Waals surface area contributed by atoms with E-state index >= 15 is 0 Å². The first-order valence-electron chi connectivity index (χ1n) is 4.54. The highest BCUT2D eigenvalue weighted by Gasteiger charge is 1.88. The van der Waals surface area contributed by atoms with E-state index in [0.29, 0.717) is 5.84 Å². The Morgan fingerprint density at radius 1 is 1.42 bits per heavy atom. The summed E-state index contributed by atoms with van der Waals surface area (Å²) in [7, 11) is 0. The number of aliphatic imine (C=N–C) groups is 1. The first kappa shape index (κ1) is 11.2. The Morgan fingerprint density at radius 2 is 2.08 bits per heavy atom. The molecular formula is C10H20N2. The standard InChI is InChI=1S/C10H20N2/c1-9(2)7-5-4-6-8-12-10(3)11/h4,6,9H,5,7-8H2,1-3H3,(H2,11,12)/b6-4-. The summed E-state index contributed by atoms with van der Waals surface area (Å²) in [5, 5.41) is 0. The average molecular weight is 168 g/mol. The number of rotatable bonds is 5. The molecule has 0 aromatic heterocycles. The van der Waals surface area contributed by atoms with E-state index in [1.165, 1.54) is 6.42 Å². The van der Waals surface area contributed by atoms with Crippen molar-refractivity contribution in [3.8, 4) is 0 Å². The topological polar surface area (TPSA) is 38.4 Å². The van der Waals surface area contributed by atoms with Crippen molar-refractivity contribution in [2.75, 3.05) is 6.54 Å². The Labute approximate surface area is 75.6 Å². The van der Waals surface area contributed by atoms with Crippen LogP contribution in [0.5, 0.6) is 0 Å². The number of nitrogens with zero attached hydrogens (tertiary/aromatic N) is 1. The maximum atomic E-state index is 5.37. The summed E-state index contributed by atoms with van der Waals surface area (Å²) in [6, 6.07) is 0. The average Bonchev–Trinajstić information content (AvgIpc) is 1.95. The van der Waals surface area contributed by atoms with Crippen LogP contribution in [-0.4, -0.2) is 12.4 Å². The quantitative estimate of drug-likeness (QED) is 0.382. The zero-order chi connectivity index (χ0) is 9.40. The maximum absolute atomic E-state index is 5.37. The molecule has 0 saturated carbocycles. The van der Waals surface area contributed by atoms with E-state index in [9.17, 15) is 0 Å². The third kappa shape index (κ3) is 9.21. The highest BCUT2D eigenvalue weighted by molar-refractivity contribution is 5.77. The van der Waals surface area contributed by atoms with Crippen LogP contribution in [0.15, 0.2) is 17.1 Å². The molecule has 2 heteroatoms. The molecule has 0 aromatic rings. The van der Waals surface area contributed by atoms with E-state index < -0.39 is 0 Å². The van der Waals surface area contributed by atoms with Gasteiger partial charge in [-0.2, -0.15) is 0 Å². The van der Waals surface area contributed by atoms with Crippen LogP contribution in [0.3, 0.4) is 0 Å². The van der Waals surface area contributed by atoms with Crippen molar-refractivity contribution >= 4 is 5.84 Å². The fourth-order valence-corrected chi connectivity index (χ4v) is 0.819. The molecule has 0 rings (SSSR count). The van der Waals surface area contributed by atoms with Gasteiger partial charge in [0.1, 0.15) is 0 Å². The normalized spacial score (nSPS) is 13.2. The van der Waals surface area contributed by atoms with Crippen LogP contribution in [0.2, 0.25) is 0 Å².